The SMILES string of the molecule is O=[N+]([O-])c1ccc(NC(=S)N2CC[NH+](Cc3ccccc3)CC2)cc1. The number of hydrogen-bond acceptors (Lipinski definition) is 3. The molecule has 0 spiro atoms. The highest BCUT2D eigenvalue weighted by atomic mass is 32.1. The lowest BCUT2D eigenvalue weighted by atomic mass is 10.2. The highest BCUT2D eigenvalue weighted by molar-refractivity contribution is 7.80. The van der Waals surface area contributed by atoms with Crippen molar-refractivity contribution < 1.29 is 9.82 Å². The Morgan fingerprint density at radius 3 is 2.36 bits per heavy atom. The van der Waals surface area contributed by atoms with Gasteiger partial charge < -0.3 is 15.1 Å². The summed E-state index contributed by atoms with van der Waals surface area (Å²) >= 11 is 5.48. The van der Waals surface area contributed by atoms with Crippen molar-refractivity contribution in [3.8, 4) is 0 Å². The monoisotopic (exact) mass is 357 g/mol. The first kappa shape index (κ1) is 17.3. The molecule has 0 saturated carbocycles. The number of nitrogens with one attached hydrogen (secondary N) is 2. The predicted molar refractivity (Wildman–Crippen MR) is 102 cm³/mol. The van der Waals surface area contributed by atoms with Gasteiger partial charge in [-0.25, -0.2) is 0 Å². The number of piperazine rings is 1. The fourth-order valence-electron chi connectivity index (χ4n) is 2.96. The van der Waals surface area contributed by atoms with Gasteiger partial charge in [0, 0.05) is 23.4 Å². The molecular formula is C18H21N4O2S+. The molecule has 1 heterocycles. The normalized spacial score (nSPS) is 15.0. The van der Waals surface area contributed by atoms with E-state index in [1.54, 1.807) is 17.0 Å². The summed E-state index contributed by atoms with van der Waals surface area (Å²) in [5, 5.41) is 14.5. The molecule has 2 aromatic carbocycles. The standard InChI is InChI=1S/C18H20N4O2S/c23-22(24)17-8-6-16(7-9-17)19-18(25)21-12-10-20(11-13-21)14-15-4-2-1-3-5-15/h1-9H,10-14H2,(H,19,25)/p+1. The summed E-state index contributed by atoms with van der Waals surface area (Å²) in [6.07, 6.45) is 0. The van der Waals surface area contributed by atoms with Crippen molar-refractivity contribution in [1.82, 2.24) is 4.90 Å². The van der Waals surface area contributed by atoms with Crippen molar-refractivity contribution in [2.24, 2.45) is 0 Å². The van der Waals surface area contributed by atoms with Gasteiger partial charge in [0.2, 0.25) is 0 Å². The minimum absolute atomic E-state index is 0.0783. The van der Waals surface area contributed by atoms with Crippen molar-refractivity contribution in [3.63, 3.8) is 0 Å². The summed E-state index contributed by atoms with van der Waals surface area (Å²) in [6, 6.07) is 16.9. The van der Waals surface area contributed by atoms with Crippen LogP contribution in [0.25, 0.3) is 0 Å². The van der Waals surface area contributed by atoms with Crippen molar-refractivity contribution in [1.29, 1.82) is 0 Å². The van der Waals surface area contributed by atoms with Crippen molar-refractivity contribution in [3.05, 3.63) is 70.3 Å². The number of anilines is 1. The molecule has 0 amide bonds. The Morgan fingerprint density at radius 2 is 1.76 bits per heavy atom. The third kappa shape index (κ3) is 4.74. The number of nitro groups is 1. The second kappa shape index (κ2) is 8.04. The molecule has 3 rings (SSSR count). The molecule has 0 unspecified atom stereocenters. The number of nitro benzene ring substituents is 1. The summed E-state index contributed by atoms with van der Waals surface area (Å²) in [5.41, 5.74) is 2.21. The van der Waals surface area contributed by atoms with Crippen LogP contribution in [0.3, 0.4) is 0 Å². The van der Waals surface area contributed by atoms with Crippen molar-refractivity contribution in [2.45, 2.75) is 6.54 Å². The van der Waals surface area contributed by atoms with Crippen LogP contribution in [0.15, 0.2) is 54.6 Å². The van der Waals surface area contributed by atoms with Crippen LogP contribution >= 0.6 is 12.2 Å². The van der Waals surface area contributed by atoms with Gasteiger partial charge >= 0.3 is 0 Å². The highest BCUT2D eigenvalue weighted by Crippen LogP contribution is 2.15. The van der Waals surface area contributed by atoms with E-state index in [0.717, 1.165) is 38.4 Å². The van der Waals surface area contributed by atoms with Crippen LogP contribution in [0.1, 0.15) is 5.56 Å². The van der Waals surface area contributed by atoms with Gasteiger partial charge in [-0.2, -0.15) is 0 Å². The lowest BCUT2D eigenvalue weighted by Gasteiger charge is -2.33. The molecule has 1 aliphatic heterocycles. The molecule has 1 saturated heterocycles. The van der Waals surface area contributed by atoms with Crippen LogP contribution in [0.5, 0.6) is 0 Å². The van der Waals surface area contributed by atoms with E-state index in [1.807, 2.05) is 6.07 Å². The summed E-state index contributed by atoms with van der Waals surface area (Å²) < 4.78 is 0. The molecule has 25 heavy (non-hydrogen) atoms. The smallest absolute Gasteiger partial charge is 0.269 e. The Kier molecular flexibility index (Phi) is 5.57. The lowest BCUT2D eigenvalue weighted by Crippen LogP contribution is -3.13. The van der Waals surface area contributed by atoms with Gasteiger partial charge in [0.05, 0.1) is 31.1 Å². The van der Waals surface area contributed by atoms with Gasteiger partial charge in [-0.3, -0.25) is 10.1 Å². The lowest BCUT2D eigenvalue weighted by molar-refractivity contribution is -0.917. The van der Waals surface area contributed by atoms with E-state index in [4.69, 9.17) is 12.2 Å². The average molecular weight is 357 g/mol. The van der Waals surface area contributed by atoms with Crippen LogP contribution in [0, 0.1) is 10.1 Å². The molecule has 0 aliphatic carbocycles. The summed E-state index contributed by atoms with van der Waals surface area (Å²) in [7, 11) is 0. The fraction of sp³-hybridized carbons (Fsp3) is 0.278. The number of quaternary nitrogens is 1. The van der Waals surface area contributed by atoms with Gasteiger partial charge in [0.25, 0.3) is 5.69 Å². The molecule has 2 N–H and O–H groups in total. The van der Waals surface area contributed by atoms with Crippen molar-refractivity contribution >= 4 is 28.7 Å². The molecule has 2 aromatic rings. The summed E-state index contributed by atoms with van der Waals surface area (Å²) in [5.74, 6) is 0. The van der Waals surface area contributed by atoms with Crippen LogP contribution in [0.2, 0.25) is 0 Å². The number of rotatable bonds is 4. The first-order chi connectivity index (χ1) is 12.1. The number of benzene rings is 2. The number of hydrogen-bond donors (Lipinski definition) is 2. The number of nitrogens with zero attached hydrogens (tertiary/aromatic N) is 2. The number of thiocarbonyl (C=S) groups is 1. The number of non-ortho nitro benzene ring substituents is 1. The van der Waals surface area contributed by atoms with Crippen LogP contribution in [-0.2, 0) is 6.54 Å². The molecule has 130 valence electrons. The maximum Gasteiger partial charge on any atom is 0.269 e. The molecule has 7 heteroatoms. The second-order valence-electron chi connectivity index (χ2n) is 6.13. The molecule has 6 nitrogen and oxygen atoms in total. The zero-order valence-electron chi connectivity index (χ0n) is 13.9. The van der Waals surface area contributed by atoms with E-state index in [1.165, 1.54) is 17.7 Å². The summed E-state index contributed by atoms with van der Waals surface area (Å²) in [4.78, 5) is 14.0. The molecule has 0 aromatic heterocycles. The maximum absolute atomic E-state index is 10.7. The Morgan fingerprint density at radius 1 is 1.12 bits per heavy atom. The van der Waals surface area contributed by atoms with Gasteiger partial charge in [0.1, 0.15) is 6.54 Å². The first-order valence-corrected chi connectivity index (χ1v) is 8.70. The molecule has 0 bridgehead atoms. The van der Waals surface area contributed by atoms with Gasteiger partial charge in [-0.1, -0.05) is 30.3 Å². The topological polar surface area (TPSA) is 62.9 Å². The van der Waals surface area contributed by atoms with E-state index < -0.39 is 4.92 Å². The quantitative estimate of drug-likeness (QED) is 0.495. The van der Waals surface area contributed by atoms with E-state index in [0.29, 0.717) is 5.11 Å². The minimum Gasteiger partial charge on any atom is -0.338 e. The highest BCUT2D eigenvalue weighted by Gasteiger charge is 2.21. The summed E-state index contributed by atoms with van der Waals surface area (Å²) in [6.45, 7) is 4.92. The van der Waals surface area contributed by atoms with Crippen LogP contribution < -0.4 is 10.2 Å². The van der Waals surface area contributed by atoms with Crippen molar-refractivity contribution in [2.75, 3.05) is 31.5 Å². The van der Waals surface area contributed by atoms with Crippen LogP contribution in [-0.4, -0.2) is 41.1 Å². The third-order valence-corrected chi connectivity index (χ3v) is 4.74. The van der Waals surface area contributed by atoms with E-state index in [-0.39, 0.29) is 5.69 Å². The Hall–Kier alpha value is -2.51. The molecule has 0 atom stereocenters. The van der Waals surface area contributed by atoms with Gasteiger partial charge in [-0.15, -0.1) is 0 Å². The maximum atomic E-state index is 10.7. The predicted octanol–water partition coefficient (Wildman–Crippen LogP) is 1.69. The molecule has 0 radical (unpaired) electrons. The zero-order chi connectivity index (χ0) is 17.6. The van der Waals surface area contributed by atoms with E-state index in [9.17, 15) is 10.1 Å². The third-order valence-electron chi connectivity index (χ3n) is 4.38. The Labute approximate surface area is 152 Å². The van der Waals surface area contributed by atoms with E-state index >= 15 is 0 Å². The van der Waals surface area contributed by atoms with Gasteiger partial charge in [0.15, 0.2) is 5.11 Å². The molecular weight excluding hydrogens is 336 g/mol. The van der Waals surface area contributed by atoms with E-state index in [2.05, 4.69) is 34.5 Å². The zero-order valence-corrected chi connectivity index (χ0v) is 14.7. The Balaban J connectivity index is 1.49. The Bertz CT molecular complexity index is 729. The minimum atomic E-state index is -0.406. The molecule has 1 aliphatic rings. The fourth-order valence-corrected chi connectivity index (χ4v) is 3.26. The second-order valence-corrected chi connectivity index (χ2v) is 6.52. The first-order valence-electron chi connectivity index (χ1n) is 8.30. The van der Waals surface area contributed by atoms with Gasteiger partial charge in [-0.05, 0) is 24.4 Å². The average Bonchev–Trinajstić information content (AvgIpc) is 2.63. The van der Waals surface area contributed by atoms with Crippen LogP contribution in [0.4, 0.5) is 11.4 Å². The molecule has 1 fully saturated rings. The largest absolute Gasteiger partial charge is 0.338 e.